The molecule has 0 bridgehead atoms. The van der Waals surface area contributed by atoms with Gasteiger partial charge in [-0.1, -0.05) is 62.2 Å². The number of imide groups is 2. The largest absolute Gasteiger partial charge is 0.496 e. The molecule has 4 rings (SSSR count). The molecule has 1 fully saturated rings. The van der Waals surface area contributed by atoms with Gasteiger partial charge in [-0.3, -0.25) is 14.9 Å². The van der Waals surface area contributed by atoms with E-state index in [2.05, 4.69) is 37.2 Å². The molecular formula is C25H17Br2FN2O4. The van der Waals surface area contributed by atoms with E-state index in [0.29, 0.717) is 27.1 Å². The van der Waals surface area contributed by atoms with Gasteiger partial charge in [0.25, 0.3) is 11.8 Å². The first kappa shape index (κ1) is 23.8. The molecule has 9 heteroatoms. The van der Waals surface area contributed by atoms with Crippen molar-refractivity contribution in [1.82, 2.24) is 5.32 Å². The molecule has 0 aromatic heterocycles. The molecule has 0 spiro atoms. The van der Waals surface area contributed by atoms with Gasteiger partial charge >= 0.3 is 6.03 Å². The topological polar surface area (TPSA) is 75.7 Å². The maximum Gasteiger partial charge on any atom is 0.336 e. The second-order valence-electron chi connectivity index (χ2n) is 7.36. The Morgan fingerprint density at radius 3 is 2.41 bits per heavy atom. The van der Waals surface area contributed by atoms with Crippen molar-refractivity contribution in [1.29, 1.82) is 0 Å². The van der Waals surface area contributed by atoms with E-state index in [1.165, 1.54) is 31.4 Å². The molecule has 0 radical (unpaired) electrons. The van der Waals surface area contributed by atoms with Gasteiger partial charge in [-0.05, 0) is 47.5 Å². The number of barbiturate groups is 1. The molecule has 0 atom stereocenters. The lowest BCUT2D eigenvalue weighted by Crippen LogP contribution is -2.54. The van der Waals surface area contributed by atoms with E-state index in [0.717, 1.165) is 21.7 Å². The number of nitrogens with zero attached hydrogens (tertiary/aromatic N) is 1. The second kappa shape index (κ2) is 9.90. The van der Waals surface area contributed by atoms with E-state index in [9.17, 15) is 18.8 Å². The average molecular weight is 588 g/mol. The number of hydrogen-bond donors (Lipinski definition) is 1. The molecule has 0 saturated carbocycles. The highest BCUT2D eigenvalue weighted by Crippen LogP contribution is 2.34. The standard InChI is InChI=1S/C25H17Br2FN2O4/c1-34-22-12-14(11-19(27)16(22)13-15-6-2-3-7-18(15)26)10-17-23(31)29-25(33)30(24(17)32)21-9-5-4-8-20(21)28/h2-12H,13H2,1H3,(H,29,31,33)/b17-10-. The van der Waals surface area contributed by atoms with Crippen molar-refractivity contribution in [3.05, 3.63) is 97.7 Å². The van der Waals surface area contributed by atoms with Crippen molar-refractivity contribution in [2.45, 2.75) is 6.42 Å². The van der Waals surface area contributed by atoms with Gasteiger partial charge in [0.1, 0.15) is 17.1 Å². The minimum atomic E-state index is -1.01. The molecule has 3 aromatic rings. The third kappa shape index (κ3) is 4.67. The van der Waals surface area contributed by atoms with Gasteiger partial charge in [0.05, 0.1) is 12.8 Å². The van der Waals surface area contributed by atoms with E-state index in [-0.39, 0.29) is 11.3 Å². The van der Waals surface area contributed by atoms with E-state index < -0.39 is 23.7 Å². The quantitative estimate of drug-likeness (QED) is 0.311. The van der Waals surface area contributed by atoms with Crippen LogP contribution in [0.5, 0.6) is 5.75 Å². The number of carbonyl (C=O) groups is 3. The number of anilines is 1. The highest BCUT2D eigenvalue weighted by molar-refractivity contribution is 9.10. The Morgan fingerprint density at radius 1 is 1.00 bits per heavy atom. The predicted molar refractivity (Wildman–Crippen MR) is 133 cm³/mol. The first-order valence-electron chi connectivity index (χ1n) is 10.1. The molecule has 0 unspecified atom stereocenters. The maximum absolute atomic E-state index is 14.3. The van der Waals surface area contributed by atoms with Crippen LogP contribution in [-0.4, -0.2) is 25.0 Å². The number of benzene rings is 3. The van der Waals surface area contributed by atoms with Gasteiger partial charge < -0.3 is 4.74 Å². The van der Waals surface area contributed by atoms with Crippen LogP contribution in [-0.2, 0) is 16.0 Å². The molecule has 34 heavy (non-hydrogen) atoms. The van der Waals surface area contributed by atoms with Gasteiger partial charge in [0.2, 0.25) is 0 Å². The van der Waals surface area contributed by atoms with Crippen LogP contribution in [0.4, 0.5) is 14.9 Å². The summed E-state index contributed by atoms with van der Waals surface area (Å²) in [6, 6.07) is 15.6. The normalized spacial score (nSPS) is 15.0. The van der Waals surface area contributed by atoms with Crippen LogP contribution in [0.1, 0.15) is 16.7 Å². The molecule has 1 N–H and O–H groups in total. The van der Waals surface area contributed by atoms with Gasteiger partial charge in [-0.2, -0.15) is 0 Å². The number of carbonyl (C=O) groups excluding carboxylic acids is 3. The highest BCUT2D eigenvalue weighted by Gasteiger charge is 2.38. The summed E-state index contributed by atoms with van der Waals surface area (Å²) in [7, 11) is 1.53. The molecule has 1 heterocycles. The zero-order valence-electron chi connectivity index (χ0n) is 17.8. The monoisotopic (exact) mass is 586 g/mol. The fourth-order valence-electron chi connectivity index (χ4n) is 3.58. The Morgan fingerprint density at radius 2 is 1.71 bits per heavy atom. The lowest BCUT2D eigenvalue weighted by atomic mass is 10.0. The Bertz CT molecular complexity index is 1360. The van der Waals surface area contributed by atoms with E-state index >= 15 is 0 Å². The zero-order chi connectivity index (χ0) is 24.4. The summed E-state index contributed by atoms with van der Waals surface area (Å²) in [5.74, 6) is -2.01. The van der Waals surface area contributed by atoms with Gasteiger partial charge in [-0.15, -0.1) is 0 Å². The summed E-state index contributed by atoms with van der Waals surface area (Å²) in [4.78, 5) is 38.4. The molecule has 1 aliphatic rings. The van der Waals surface area contributed by atoms with Crippen molar-refractivity contribution in [3.63, 3.8) is 0 Å². The minimum absolute atomic E-state index is 0.244. The number of ether oxygens (including phenoxy) is 1. The Kier molecular flexibility index (Phi) is 6.95. The summed E-state index contributed by atoms with van der Waals surface area (Å²) in [6.45, 7) is 0. The number of halogens is 3. The fourth-order valence-corrected chi connectivity index (χ4v) is 4.60. The third-order valence-electron chi connectivity index (χ3n) is 5.23. The number of urea groups is 1. The molecule has 3 aromatic carbocycles. The molecule has 6 nitrogen and oxygen atoms in total. The first-order valence-corrected chi connectivity index (χ1v) is 11.6. The number of nitrogens with one attached hydrogen (secondary N) is 1. The van der Waals surface area contributed by atoms with Gasteiger partial charge in [0, 0.05) is 20.9 Å². The average Bonchev–Trinajstić information content (AvgIpc) is 2.80. The van der Waals surface area contributed by atoms with Crippen LogP contribution in [0.25, 0.3) is 6.08 Å². The minimum Gasteiger partial charge on any atom is -0.496 e. The molecule has 0 aliphatic carbocycles. The van der Waals surface area contributed by atoms with Crippen molar-refractivity contribution >= 4 is 61.5 Å². The first-order chi connectivity index (χ1) is 16.3. The Balaban J connectivity index is 1.73. The molecule has 4 amide bonds. The van der Waals surface area contributed by atoms with E-state index in [1.807, 2.05) is 24.3 Å². The molecule has 172 valence electrons. The summed E-state index contributed by atoms with van der Waals surface area (Å²) in [6.07, 6.45) is 1.91. The van der Waals surface area contributed by atoms with Crippen molar-refractivity contribution < 1.29 is 23.5 Å². The van der Waals surface area contributed by atoms with Crippen molar-refractivity contribution in [2.24, 2.45) is 0 Å². The summed E-state index contributed by atoms with van der Waals surface area (Å²) in [5, 5.41) is 2.09. The molecule has 1 aliphatic heterocycles. The summed E-state index contributed by atoms with van der Waals surface area (Å²) >= 11 is 7.11. The van der Waals surface area contributed by atoms with Crippen LogP contribution >= 0.6 is 31.9 Å². The highest BCUT2D eigenvalue weighted by atomic mass is 79.9. The summed E-state index contributed by atoms with van der Waals surface area (Å²) < 4.78 is 21.5. The van der Waals surface area contributed by atoms with Crippen LogP contribution in [0, 0.1) is 5.82 Å². The SMILES string of the molecule is COc1cc(/C=C2/C(=O)NC(=O)N(c3ccccc3F)C2=O)cc(Br)c1Cc1ccccc1Br. The Labute approximate surface area is 211 Å². The number of amides is 4. The smallest absolute Gasteiger partial charge is 0.336 e. The van der Waals surface area contributed by atoms with Crippen LogP contribution in [0.15, 0.2) is 75.2 Å². The van der Waals surface area contributed by atoms with Crippen LogP contribution in [0.2, 0.25) is 0 Å². The van der Waals surface area contributed by atoms with Crippen molar-refractivity contribution in [2.75, 3.05) is 12.0 Å². The zero-order valence-corrected chi connectivity index (χ0v) is 20.9. The van der Waals surface area contributed by atoms with E-state index in [1.54, 1.807) is 12.1 Å². The fraction of sp³-hybridized carbons (Fsp3) is 0.0800. The lowest BCUT2D eigenvalue weighted by molar-refractivity contribution is -0.122. The number of para-hydroxylation sites is 1. The maximum atomic E-state index is 14.3. The number of rotatable bonds is 5. The molecule has 1 saturated heterocycles. The Hall–Kier alpha value is -3.30. The second-order valence-corrected chi connectivity index (χ2v) is 9.07. The summed E-state index contributed by atoms with van der Waals surface area (Å²) in [5.41, 5.74) is 1.86. The lowest BCUT2D eigenvalue weighted by Gasteiger charge is -2.26. The van der Waals surface area contributed by atoms with E-state index in [4.69, 9.17) is 4.74 Å². The van der Waals surface area contributed by atoms with Crippen LogP contribution in [0.3, 0.4) is 0 Å². The van der Waals surface area contributed by atoms with Gasteiger partial charge in [0.15, 0.2) is 0 Å². The third-order valence-corrected chi connectivity index (χ3v) is 6.71. The predicted octanol–water partition coefficient (Wildman–Crippen LogP) is 5.62. The van der Waals surface area contributed by atoms with Crippen molar-refractivity contribution in [3.8, 4) is 5.75 Å². The number of hydrogen-bond acceptors (Lipinski definition) is 4. The van der Waals surface area contributed by atoms with Crippen LogP contribution < -0.4 is 15.0 Å². The number of methoxy groups -OCH3 is 1. The molecular weight excluding hydrogens is 571 g/mol. The van der Waals surface area contributed by atoms with Gasteiger partial charge in [-0.25, -0.2) is 14.1 Å².